The standard InChI is InChI=1S/C19H26N4O2/c24-18(14-8-3-1-4-9-14)21-19-20-16-12-7-13-17(23(16)22-19)25-15-10-5-2-6-11-15/h7,12-15H,1-6,8-11H2,(H,21,22,24). The molecule has 2 aromatic heterocycles. The van der Waals surface area contributed by atoms with Crippen LogP contribution >= 0.6 is 0 Å². The lowest BCUT2D eigenvalue weighted by molar-refractivity contribution is -0.120. The van der Waals surface area contributed by atoms with E-state index in [1.165, 1.54) is 25.7 Å². The minimum absolute atomic E-state index is 0.0466. The van der Waals surface area contributed by atoms with Gasteiger partial charge in [-0.25, -0.2) is 0 Å². The van der Waals surface area contributed by atoms with Gasteiger partial charge in [0.1, 0.15) is 6.10 Å². The SMILES string of the molecule is O=C(Nc1nc2cccc(OC3CCCCC3)n2n1)C1CCCCC1. The maximum absolute atomic E-state index is 12.4. The van der Waals surface area contributed by atoms with Gasteiger partial charge in [0.25, 0.3) is 0 Å². The smallest absolute Gasteiger partial charge is 0.249 e. The van der Waals surface area contributed by atoms with E-state index >= 15 is 0 Å². The van der Waals surface area contributed by atoms with Crippen LogP contribution in [0.2, 0.25) is 0 Å². The lowest BCUT2D eigenvalue weighted by atomic mass is 9.89. The molecule has 6 nitrogen and oxygen atoms in total. The van der Waals surface area contributed by atoms with Crippen LogP contribution in [0.25, 0.3) is 5.65 Å². The third-order valence-corrected chi connectivity index (χ3v) is 5.38. The molecule has 0 saturated heterocycles. The molecule has 0 spiro atoms. The number of aromatic nitrogens is 3. The van der Waals surface area contributed by atoms with Crippen molar-refractivity contribution in [2.45, 2.75) is 70.3 Å². The zero-order chi connectivity index (χ0) is 17.1. The van der Waals surface area contributed by atoms with Crippen LogP contribution in [-0.4, -0.2) is 26.6 Å². The van der Waals surface area contributed by atoms with Gasteiger partial charge >= 0.3 is 0 Å². The van der Waals surface area contributed by atoms with Crippen LogP contribution in [0.5, 0.6) is 5.88 Å². The molecule has 25 heavy (non-hydrogen) atoms. The van der Waals surface area contributed by atoms with Crippen LogP contribution in [0.4, 0.5) is 5.95 Å². The fourth-order valence-corrected chi connectivity index (χ4v) is 3.95. The molecule has 2 aliphatic rings. The number of anilines is 1. The highest BCUT2D eigenvalue weighted by atomic mass is 16.5. The molecular weight excluding hydrogens is 316 g/mol. The third kappa shape index (κ3) is 3.78. The highest BCUT2D eigenvalue weighted by Gasteiger charge is 2.23. The van der Waals surface area contributed by atoms with Crippen molar-refractivity contribution in [2.75, 3.05) is 5.32 Å². The molecule has 0 unspecified atom stereocenters. The highest BCUT2D eigenvalue weighted by Crippen LogP contribution is 2.26. The average Bonchev–Trinajstić information content (AvgIpc) is 3.07. The zero-order valence-corrected chi connectivity index (χ0v) is 14.6. The molecule has 0 radical (unpaired) electrons. The molecule has 1 N–H and O–H groups in total. The topological polar surface area (TPSA) is 68.5 Å². The molecule has 0 atom stereocenters. The van der Waals surface area contributed by atoms with Crippen LogP contribution in [-0.2, 0) is 4.79 Å². The van der Waals surface area contributed by atoms with Gasteiger partial charge in [-0.15, -0.1) is 5.10 Å². The van der Waals surface area contributed by atoms with Gasteiger partial charge in [-0.3, -0.25) is 10.1 Å². The normalized spacial score (nSPS) is 19.8. The summed E-state index contributed by atoms with van der Waals surface area (Å²) >= 11 is 0. The second-order valence-electron chi connectivity index (χ2n) is 7.27. The number of fused-ring (bicyclic) bond motifs is 1. The largest absolute Gasteiger partial charge is 0.474 e. The fraction of sp³-hybridized carbons (Fsp3) is 0.632. The number of hydrogen-bond donors (Lipinski definition) is 1. The summed E-state index contributed by atoms with van der Waals surface area (Å²) in [5.74, 6) is 1.22. The molecule has 0 bridgehead atoms. The Morgan fingerprint density at radius 3 is 2.52 bits per heavy atom. The summed E-state index contributed by atoms with van der Waals surface area (Å²) in [4.78, 5) is 16.9. The first-order valence-corrected chi connectivity index (χ1v) is 9.63. The summed E-state index contributed by atoms with van der Waals surface area (Å²) in [5.41, 5.74) is 0.701. The molecule has 0 aliphatic heterocycles. The fourth-order valence-electron chi connectivity index (χ4n) is 3.95. The Kier molecular flexibility index (Phi) is 4.85. The van der Waals surface area contributed by atoms with E-state index in [1.54, 1.807) is 4.52 Å². The number of hydrogen-bond acceptors (Lipinski definition) is 4. The van der Waals surface area contributed by atoms with Gasteiger partial charge in [0.2, 0.25) is 17.7 Å². The van der Waals surface area contributed by atoms with Crippen molar-refractivity contribution in [1.82, 2.24) is 14.6 Å². The summed E-state index contributed by atoms with van der Waals surface area (Å²) in [6.45, 7) is 0. The molecule has 0 aromatic carbocycles. The Morgan fingerprint density at radius 2 is 1.76 bits per heavy atom. The Morgan fingerprint density at radius 1 is 1.04 bits per heavy atom. The van der Waals surface area contributed by atoms with Crippen molar-refractivity contribution in [3.05, 3.63) is 18.2 Å². The summed E-state index contributed by atoms with van der Waals surface area (Å²) in [6.07, 6.45) is 11.6. The molecule has 2 saturated carbocycles. The van der Waals surface area contributed by atoms with E-state index in [0.29, 0.717) is 17.5 Å². The average molecular weight is 342 g/mol. The van der Waals surface area contributed by atoms with E-state index in [2.05, 4.69) is 15.4 Å². The molecule has 2 aromatic rings. The quantitative estimate of drug-likeness (QED) is 0.913. The summed E-state index contributed by atoms with van der Waals surface area (Å²) in [6, 6.07) is 5.73. The Labute approximate surface area is 148 Å². The number of nitrogens with zero attached hydrogens (tertiary/aromatic N) is 3. The van der Waals surface area contributed by atoms with Gasteiger partial charge in [-0.1, -0.05) is 31.7 Å². The molecule has 134 valence electrons. The summed E-state index contributed by atoms with van der Waals surface area (Å²) in [7, 11) is 0. The van der Waals surface area contributed by atoms with Gasteiger partial charge in [-0.2, -0.15) is 9.50 Å². The third-order valence-electron chi connectivity index (χ3n) is 5.38. The number of ether oxygens (including phenoxy) is 1. The monoisotopic (exact) mass is 342 g/mol. The second-order valence-corrected chi connectivity index (χ2v) is 7.27. The number of nitrogens with one attached hydrogen (secondary N) is 1. The first-order chi connectivity index (χ1) is 12.3. The van der Waals surface area contributed by atoms with E-state index in [9.17, 15) is 4.79 Å². The molecule has 1 amide bonds. The van der Waals surface area contributed by atoms with E-state index in [1.807, 2.05) is 18.2 Å². The molecule has 2 aliphatic carbocycles. The molecular formula is C19H26N4O2. The number of carbonyl (C=O) groups is 1. The van der Waals surface area contributed by atoms with Gasteiger partial charge in [0.15, 0.2) is 5.65 Å². The van der Waals surface area contributed by atoms with Crippen LogP contribution in [0, 0.1) is 5.92 Å². The first kappa shape index (κ1) is 16.4. The molecule has 2 fully saturated rings. The zero-order valence-electron chi connectivity index (χ0n) is 14.6. The number of rotatable bonds is 4. The molecule has 6 heteroatoms. The number of pyridine rings is 1. The molecule has 2 heterocycles. The van der Waals surface area contributed by atoms with E-state index < -0.39 is 0 Å². The minimum atomic E-state index is 0.0466. The lowest BCUT2D eigenvalue weighted by Gasteiger charge is -2.22. The van der Waals surface area contributed by atoms with Gasteiger partial charge in [0, 0.05) is 12.0 Å². The number of amides is 1. The Balaban J connectivity index is 1.49. The maximum Gasteiger partial charge on any atom is 0.249 e. The van der Waals surface area contributed by atoms with Crippen LogP contribution < -0.4 is 10.1 Å². The van der Waals surface area contributed by atoms with Gasteiger partial charge in [-0.05, 0) is 44.6 Å². The van der Waals surface area contributed by atoms with Gasteiger partial charge in [0.05, 0.1) is 0 Å². The summed E-state index contributed by atoms with van der Waals surface area (Å²) in [5, 5.41) is 7.36. The van der Waals surface area contributed by atoms with Crippen molar-refractivity contribution in [3.63, 3.8) is 0 Å². The number of carbonyl (C=O) groups excluding carboxylic acids is 1. The van der Waals surface area contributed by atoms with E-state index in [4.69, 9.17) is 4.74 Å². The Bertz CT molecular complexity index is 730. The van der Waals surface area contributed by atoms with Crippen molar-refractivity contribution in [1.29, 1.82) is 0 Å². The van der Waals surface area contributed by atoms with Crippen molar-refractivity contribution in [2.24, 2.45) is 5.92 Å². The van der Waals surface area contributed by atoms with E-state index in [0.717, 1.165) is 38.5 Å². The van der Waals surface area contributed by atoms with Crippen LogP contribution in [0.15, 0.2) is 18.2 Å². The van der Waals surface area contributed by atoms with E-state index in [-0.39, 0.29) is 17.9 Å². The predicted molar refractivity (Wildman–Crippen MR) is 95.7 cm³/mol. The maximum atomic E-state index is 12.4. The lowest BCUT2D eigenvalue weighted by Crippen LogP contribution is -2.25. The summed E-state index contributed by atoms with van der Waals surface area (Å²) < 4.78 is 7.85. The van der Waals surface area contributed by atoms with Crippen LogP contribution in [0.3, 0.4) is 0 Å². The second kappa shape index (κ2) is 7.42. The molecule has 4 rings (SSSR count). The van der Waals surface area contributed by atoms with Crippen molar-refractivity contribution in [3.8, 4) is 5.88 Å². The van der Waals surface area contributed by atoms with Crippen molar-refractivity contribution < 1.29 is 9.53 Å². The first-order valence-electron chi connectivity index (χ1n) is 9.63. The van der Waals surface area contributed by atoms with Gasteiger partial charge < -0.3 is 4.74 Å². The van der Waals surface area contributed by atoms with Crippen LogP contribution in [0.1, 0.15) is 64.2 Å². The predicted octanol–water partition coefficient (Wildman–Crippen LogP) is 3.96. The Hall–Kier alpha value is -2.11. The van der Waals surface area contributed by atoms with Crippen molar-refractivity contribution >= 4 is 17.5 Å². The minimum Gasteiger partial charge on any atom is -0.474 e. The highest BCUT2D eigenvalue weighted by molar-refractivity contribution is 5.91.